The Balaban J connectivity index is 1.38. The zero-order valence-corrected chi connectivity index (χ0v) is 14.7. The summed E-state index contributed by atoms with van der Waals surface area (Å²) in [6, 6.07) is 16.5. The van der Waals surface area contributed by atoms with Gasteiger partial charge in [-0.2, -0.15) is 0 Å². The maximum Gasteiger partial charge on any atom is 0.269 e. The summed E-state index contributed by atoms with van der Waals surface area (Å²) >= 11 is 0. The molecule has 0 saturated heterocycles. The van der Waals surface area contributed by atoms with Crippen LogP contribution in [-0.2, 0) is 4.79 Å². The van der Waals surface area contributed by atoms with E-state index in [-0.39, 0.29) is 12.5 Å². The second-order valence-corrected chi connectivity index (χ2v) is 6.10. The molecule has 2 heterocycles. The molecule has 4 rings (SSSR count). The number of para-hydroxylation sites is 2. The quantitative estimate of drug-likeness (QED) is 0.741. The molecule has 1 aliphatic heterocycles. The lowest BCUT2D eigenvalue weighted by molar-refractivity contribution is -0.125. The van der Waals surface area contributed by atoms with E-state index in [0.717, 1.165) is 11.4 Å². The van der Waals surface area contributed by atoms with Crippen LogP contribution in [-0.4, -0.2) is 28.6 Å². The van der Waals surface area contributed by atoms with Crippen molar-refractivity contribution in [3.05, 3.63) is 66.6 Å². The van der Waals surface area contributed by atoms with Gasteiger partial charge >= 0.3 is 0 Å². The van der Waals surface area contributed by atoms with E-state index in [1.807, 2.05) is 55.5 Å². The SMILES string of the molecule is Cc1cc(Nc2ccc(NC(=O)C3COc4ccccc4O3)cc2)ncn1. The highest BCUT2D eigenvalue weighted by atomic mass is 16.6. The van der Waals surface area contributed by atoms with Crippen LogP contribution in [0.1, 0.15) is 5.69 Å². The van der Waals surface area contributed by atoms with Gasteiger partial charge in [-0.15, -0.1) is 0 Å². The average Bonchev–Trinajstić information content (AvgIpc) is 2.69. The summed E-state index contributed by atoms with van der Waals surface area (Å²) in [5, 5.41) is 6.04. The number of aromatic nitrogens is 2. The molecule has 1 amide bonds. The molecule has 136 valence electrons. The van der Waals surface area contributed by atoms with Gasteiger partial charge < -0.3 is 20.1 Å². The van der Waals surface area contributed by atoms with Crippen molar-refractivity contribution in [3.8, 4) is 11.5 Å². The highest BCUT2D eigenvalue weighted by Crippen LogP contribution is 2.31. The Kier molecular flexibility index (Phi) is 4.57. The Hall–Kier alpha value is -3.61. The summed E-state index contributed by atoms with van der Waals surface area (Å²) < 4.78 is 11.3. The molecule has 2 aromatic carbocycles. The van der Waals surface area contributed by atoms with Crippen molar-refractivity contribution < 1.29 is 14.3 Å². The molecule has 1 atom stereocenters. The molecule has 1 unspecified atom stereocenters. The second-order valence-electron chi connectivity index (χ2n) is 6.10. The van der Waals surface area contributed by atoms with Crippen LogP contribution in [0.25, 0.3) is 0 Å². The minimum atomic E-state index is -0.693. The lowest BCUT2D eigenvalue weighted by Crippen LogP contribution is -2.40. The number of amides is 1. The van der Waals surface area contributed by atoms with Gasteiger partial charge in [0, 0.05) is 23.1 Å². The fourth-order valence-electron chi connectivity index (χ4n) is 2.68. The number of fused-ring (bicyclic) bond motifs is 1. The second kappa shape index (κ2) is 7.33. The van der Waals surface area contributed by atoms with Crippen molar-refractivity contribution in [3.63, 3.8) is 0 Å². The normalized spacial score (nSPS) is 15.1. The number of aryl methyl sites for hydroxylation is 1. The number of carbonyl (C=O) groups is 1. The van der Waals surface area contributed by atoms with E-state index in [1.54, 1.807) is 6.07 Å². The number of anilines is 3. The number of ether oxygens (including phenoxy) is 2. The molecule has 2 N–H and O–H groups in total. The van der Waals surface area contributed by atoms with Crippen LogP contribution in [0.3, 0.4) is 0 Å². The van der Waals surface area contributed by atoms with Gasteiger partial charge in [0.1, 0.15) is 18.8 Å². The first-order valence-electron chi connectivity index (χ1n) is 8.52. The average molecular weight is 362 g/mol. The van der Waals surface area contributed by atoms with Crippen molar-refractivity contribution in [1.29, 1.82) is 0 Å². The number of carbonyl (C=O) groups excluding carboxylic acids is 1. The monoisotopic (exact) mass is 362 g/mol. The predicted molar refractivity (Wildman–Crippen MR) is 101 cm³/mol. The van der Waals surface area contributed by atoms with E-state index in [1.165, 1.54) is 6.33 Å². The Labute approximate surface area is 156 Å². The molecule has 7 heteroatoms. The van der Waals surface area contributed by atoms with Crippen LogP contribution in [0, 0.1) is 6.92 Å². The number of rotatable bonds is 4. The van der Waals surface area contributed by atoms with Gasteiger partial charge in [-0.3, -0.25) is 4.79 Å². The van der Waals surface area contributed by atoms with E-state index in [0.29, 0.717) is 23.0 Å². The summed E-state index contributed by atoms with van der Waals surface area (Å²) in [6.45, 7) is 2.08. The molecular weight excluding hydrogens is 344 g/mol. The zero-order chi connectivity index (χ0) is 18.6. The summed E-state index contributed by atoms with van der Waals surface area (Å²) in [4.78, 5) is 20.7. The fraction of sp³-hybridized carbons (Fsp3) is 0.150. The molecule has 1 aliphatic rings. The molecule has 0 saturated carbocycles. The van der Waals surface area contributed by atoms with E-state index in [4.69, 9.17) is 9.47 Å². The Morgan fingerprint density at radius 2 is 1.78 bits per heavy atom. The van der Waals surface area contributed by atoms with Crippen LogP contribution in [0.5, 0.6) is 11.5 Å². The molecular formula is C20H18N4O3. The van der Waals surface area contributed by atoms with Crippen LogP contribution < -0.4 is 20.1 Å². The van der Waals surface area contributed by atoms with Gasteiger partial charge in [0.25, 0.3) is 5.91 Å². The molecule has 0 fully saturated rings. The van der Waals surface area contributed by atoms with Crippen molar-refractivity contribution >= 4 is 23.1 Å². The van der Waals surface area contributed by atoms with Crippen molar-refractivity contribution in [2.24, 2.45) is 0 Å². The molecule has 1 aromatic heterocycles. The topological polar surface area (TPSA) is 85.4 Å². The largest absolute Gasteiger partial charge is 0.485 e. The van der Waals surface area contributed by atoms with Crippen molar-refractivity contribution in [2.45, 2.75) is 13.0 Å². The lowest BCUT2D eigenvalue weighted by Gasteiger charge is -2.25. The highest BCUT2D eigenvalue weighted by Gasteiger charge is 2.27. The molecule has 0 aliphatic carbocycles. The molecule has 0 bridgehead atoms. The number of nitrogens with one attached hydrogen (secondary N) is 2. The van der Waals surface area contributed by atoms with Gasteiger partial charge in [-0.05, 0) is 43.3 Å². The first kappa shape index (κ1) is 16.8. The van der Waals surface area contributed by atoms with Crippen molar-refractivity contribution in [2.75, 3.05) is 17.2 Å². The summed E-state index contributed by atoms with van der Waals surface area (Å²) in [6.07, 6.45) is 0.818. The number of benzene rings is 2. The first-order valence-corrected chi connectivity index (χ1v) is 8.52. The first-order chi connectivity index (χ1) is 13.2. The lowest BCUT2D eigenvalue weighted by atomic mass is 10.2. The van der Waals surface area contributed by atoms with E-state index in [9.17, 15) is 4.79 Å². The maximum atomic E-state index is 12.4. The molecule has 27 heavy (non-hydrogen) atoms. The predicted octanol–water partition coefficient (Wildman–Crippen LogP) is 3.31. The summed E-state index contributed by atoms with van der Waals surface area (Å²) in [5.74, 6) is 1.68. The summed E-state index contributed by atoms with van der Waals surface area (Å²) in [5.41, 5.74) is 2.41. The third kappa shape index (κ3) is 3.98. The van der Waals surface area contributed by atoms with Gasteiger partial charge in [-0.1, -0.05) is 12.1 Å². The Bertz CT molecular complexity index is 959. The van der Waals surface area contributed by atoms with Gasteiger partial charge in [0.2, 0.25) is 6.10 Å². The molecule has 3 aromatic rings. The third-order valence-electron chi connectivity index (χ3n) is 4.03. The third-order valence-corrected chi connectivity index (χ3v) is 4.03. The number of hydrogen-bond donors (Lipinski definition) is 2. The van der Waals surface area contributed by atoms with E-state index < -0.39 is 6.10 Å². The van der Waals surface area contributed by atoms with Crippen molar-refractivity contribution in [1.82, 2.24) is 9.97 Å². The minimum absolute atomic E-state index is 0.176. The molecule has 7 nitrogen and oxygen atoms in total. The van der Waals surface area contributed by atoms with Gasteiger partial charge in [0.05, 0.1) is 0 Å². The van der Waals surface area contributed by atoms with E-state index >= 15 is 0 Å². The highest BCUT2D eigenvalue weighted by molar-refractivity contribution is 5.94. The van der Waals surface area contributed by atoms with Crippen LogP contribution >= 0.6 is 0 Å². The van der Waals surface area contributed by atoms with Gasteiger partial charge in [-0.25, -0.2) is 9.97 Å². The van der Waals surface area contributed by atoms with Crippen LogP contribution in [0.15, 0.2) is 60.9 Å². The Morgan fingerprint density at radius 1 is 1.04 bits per heavy atom. The van der Waals surface area contributed by atoms with Crippen LogP contribution in [0.2, 0.25) is 0 Å². The van der Waals surface area contributed by atoms with Gasteiger partial charge in [0.15, 0.2) is 11.5 Å². The molecule has 0 radical (unpaired) electrons. The Morgan fingerprint density at radius 3 is 2.56 bits per heavy atom. The standard InChI is InChI=1S/C20H18N4O3/c1-13-10-19(22-12-21-13)23-14-6-8-15(9-7-14)24-20(25)18-11-26-16-4-2-3-5-17(16)27-18/h2-10,12,18H,11H2,1H3,(H,24,25)(H,21,22,23). The summed E-state index contributed by atoms with van der Waals surface area (Å²) in [7, 11) is 0. The fourth-order valence-corrected chi connectivity index (χ4v) is 2.68. The zero-order valence-electron chi connectivity index (χ0n) is 14.7. The smallest absolute Gasteiger partial charge is 0.269 e. The van der Waals surface area contributed by atoms with E-state index in [2.05, 4.69) is 20.6 Å². The van der Waals surface area contributed by atoms with Crippen LogP contribution in [0.4, 0.5) is 17.2 Å². The number of hydrogen-bond acceptors (Lipinski definition) is 6. The maximum absolute atomic E-state index is 12.4. The molecule has 0 spiro atoms. The number of nitrogens with zero attached hydrogens (tertiary/aromatic N) is 2. The minimum Gasteiger partial charge on any atom is -0.485 e.